The largest absolute Gasteiger partial charge is 0.324 e. The van der Waals surface area contributed by atoms with Gasteiger partial charge in [-0.1, -0.05) is 34.6 Å². The van der Waals surface area contributed by atoms with E-state index in [1.807, 2.05) is 31.4 Å². The molecule has 26 heavy (non-hydrogen) atoms. The number of thioether (sulfide) groups is 1. The lowest BCUT2D eigenvalue weighted by Crippen LogP contribution is -2.33. The molecule has 5 nitrogen and oxygen atoms in total. The van der Waals surface area contributed by atoms with Gasteiger partial charge in [0, 0.05) is 15.0 Å². The predicted octanol–water partition coefficient (Wildman–Crippen LogP) is 4.70. The highest BCUT2D eigenvalue weighted by Gasteiger charge is 2.22. The van der Waals surface area contributed by atoms with E-state index in [4.69, 9.17) is 0 Å². The van der Waals surface area contributed by atoms with E-state index in [9.17, 15) is 9.59 Å². The highest BCUT2D eigenvalue weighted by molar-refractivity contribution is 9.10. The molecule has 0 saturated heterocycles. The Hall–Kier alpha value is -1.64. The summed E-state index contributed by atoms with van der Waals surface area (Å²) in [6, 6.07) is 8.53. The molecule has 1 aromatic carbocycles. The van der Waals surface area contributed by atoms with Gasteiger partial charge in [-0.05, 0) is 49.9 Å². The summed E-state index contributed by atoms with van der Waals surface area (Å²) in [5.41, 5.74) is 0.510. The highest BCUT2D eigenvalue weighted by Crippen LogP contribution is 2.26. The van der Waals surface area contributed by atoms with Crippen LogP contribution in [0.2, 0.25) is 0 Å². The number of benzene rings is 1. The molecule has 0 aliphatic carbocycles. The molecule has 0 radical (unpaired) electrons. The number of rotatable bonds is 5. The second-order valence-corrected chi connectivity index (χ2v) is 8.54. The van der Waals surface area contributed by atoms with Gasteiger partial charge in [0.25, 0.3) is 5.56 Å². The second kappa shape index (κ2) is 7.94. The first kappa shape index (κ1) is 19.1. The summed E-state index contributed by atoms with van der Waals surface area (Å²) in [5, 5.41) is 3.98. The maximum Gasteiger partial charge on any atom is 0.263 e. The fraction of sp³-hybridized carbons (Fsp3) is 0.278. The molecule has 0 aliphatic rings. The molecule has 2 aromatic heterocycles. The van der Waals surface area contributed by atoms with Gasteiger partial charge in [-0.25, -0.2) is 4.98 Å². The molecule has 0 saturated carbocycles. The van der Waals surface area contributed by atoms with Crippen LogP contribution in [0, 0.1) is 0 Å². The fourth-order valence-electron chi connectivity index (χ4n) is 2.58. The van der Waals surface area contributed by atoms with Gasteiger partial charge in [0.2, 0.25) is 5.91 Å². The highest BCUT2D eigenvalue weighted by atomic mass is 79.9. The number of hydrogen-bond acceptors (Lipinski definition) is 5. The predicted molar refractivity (Wildman–Crippen MR) is 113 cm³/mol. The van der Waals surface area contributed by atoms with Crippen LogP contribution in [-0.2, 0) is 11.2 Å². The summed E-state index contributed by atoms with van der Waals surface area (Å²) < 4.78 is 2.41. The minimum Gasteiger partial charge on any atom is -0.324 e. The fourth-order valence-corrected chi connectivity index (χ4v) is 4.48. The molecule has 8 heteroatoms. The maximum atomic E-state index is 13.0. The van der Waals surface area contributed by atoms with Crippen molar-refractivity contribution < 1.29 is 4.79 Å². The van der Waals surface area contributed by atoms with Gasteiger partial charge in [0.1, 0.15) is 10.9 Å². The molecule has 0 aliphatic heterocycles. The number of aromatic nitrogens is 2. The van der Waals surface area contributed by atoms with Crippen LogP contribution in [0.1, 0.15) is 24.8 Å². The van der Waals surface area contributed by atoms with E-state index in [0.29, 0.717) is 16.2 Å². The number of hydrogen-bond donors (Lipinski definition) is 1. The van der Waals surface area contributed by atoms with Gasteiger partial charge in [0.05, 0.1) is 5.39 Å². The number of carbonyl (C=O) groups excluding carboxylic acids is 1. The number of halogens is 1. The Kier molecular flexibility index (Phi) is 5.84. The topological polar surface area (TPSA) is 64.0 Å². The van der Waals surface area contributed by atoms with Crippen molar-refractivity contribution in [1.82, 2.24) is 9.55 Å². The van der Waals surface area contributed by atoms with Crippen LogP contribution < -0.4 is 10.9 Å². The van der Waals surface area contributed by atoms with Crippen LogP contribution in [0.5, 0.6) is 0 Å². The molecule has 1 unspecified atom stereocenters. The minimum atomic E-state index is -0.671. The Bertz CT molecular complexity index is 1010. The molecule has 1 atom stereocenters. The molecule has 1 N–H and O–H groups in total. The third-order valence-electron chi connectivity index (χ3n) is 4.03. The zero-order valence-corrected chi connectivity index (χ0v) is 17.8. The molecule has 2 heterocycles. The van der Waals surface area contributed by atoms with Crippen molar-refractivity contribution in [2.24, 2.45) is 0 Å². The van der Waals surface area contributed by atoms with Crippen LogP contribution in [-0.4, -0.2) is 21.7 Å². The Morgan fingerprint density at radius 3 is 2.69 bits per heavy atom. The first-order chi connectivity index (χ1) is 12.4. The van der Waals surface area contributed by atoms with Crippen molar-refractivity contribution in [3.05, 3.63) is 50.0 Å². The zero-order chi connectivity index (χ0) is 18.8. The lowest BCUT2D eigenvalue weighted by atomic mass is 10.2. The van der Waals surface area contributed by atoms with E-state index in [-0.39, 0.29) is 11.5 Å². The third-order valence-corrected chi connectivity index (χ3v) is 6.38. The van der Waals surface area contributed by atoms with Crippen molar-refractivity contribution in [1.29, 1.82) is 0 Å². The molecular formula is C18H18BrN3O2S2. The van der Waals surface area contributed by atoms with E-state index in [0.717, 1.165) is 20.6 Å². The van der Waals surface area contributed by atoms with Crippen LogP contribution >= 0.6 is 39.0 Å². The normalized spacial score (nSPS) is 12.3. The van der Waals surface area contributed by atoms with Gasteiger partial charge in [-0.15, -0.1) is 11.3 Å². The minimum absolute atomic E-state index is 0.172. The SMILES string of the molecule is CCc1cc2c(=O)n(C(C)C(=O)Nc3ccc(Br)cc3)c(SC)nc2s1. The standard InChI is InChI=1S/C18H18BrN3O2S2/c1-4-13-9-14-16(26-13)21-18(25-3)22(17(14)24)10(2)15(23)20-12-7-5-11(19)6-8-12/h5-10H,4H2,1-3H3,(H,20,23). The molecule has 0 spiro atoms. The molecular weight excluding hydrogens is 434 g/mol. The van der Waals surface area contributed by atoms with Gasteiger partial charge >= 0.3 is 0 Å². The van der Waals surface area contributed by atoms with Gasteiger partial charge in [0.15, 0.2) is 5.16 Å². The van der Waals surface area contributed by atoms with Crippen LogP contribution in [0.25, 0.3) is 10.2 Å². The zero-order valence-electron chi connectivity index (χ0n) is 14.6. The molecule has 3 rings (SSSR count). The summed E-state index contributed by atoms with van der Waals surface area (Å²) >= 11 is 6.27. The van der Waals surface area contributed by atoms with Gasteiger partial charge in [-0.2, -0.15) is 0 Å². The number of aryl methyl sites for hydroxylation is 1. The van der Waals surface area contributed by atoms with E-state index in [1.54, 1.807) is 19.1 Å². The summed E-state index contributed by atoms with van der Waals surface area (Å²) in [5.74, 6) is -0.253. The average molecular weight is 452 g/mol. The molecule has 1 amide bonds. The molecule has 136 valence electrons. The first-order valence-corrected chi connectivity index (χ1v) is 10.9. The first-order valence-electron chi connectivity index (χ1n) is 8.10. The number of thiophene rings is 1. The van der Waals surface area contributed by atoms with Crippen LogP contribution in [0.3, 0.4) is 0 Å². The second-order valence-electron chi connectivity index (χ2n) is 5.73. The van der Waals surface area contributed by atoms with Gasteiger partial charge in [-0.3, -0.25) is 14.2 Å². The Morgan fingerprint density at radius 2 is 2.08 bits per heavy atom. The Labute approximate surface area is 168 Å². The number of amides is 1. The average Bonchev–Trinajstić information content (AvgIpc) is 3.06. The van der Waals surface area contributed by atoms with Crippen LogP contribution in [0.4, 0.5) is 5.69 Å². The smallest absolute Gasteiger partial charge is 0.263 e. The van der Waals surface area contributed by atoms with Gasteiger partial charge < -0.3 is 5.32 Å². The van der Waals surface area contributed by atoms with E-state index in [1.165, 1.54) is 27.7 Å². The lowest BCUT2D eigenvalue weighted by Gasteiger charge is -2.18. The summed E-state index contributed by atoms with van der Waals surface area (Å²) in [6.45, 7) is 3.77. The van der Waals surface area contributed by atoms with E-state index in [2.05, 4.69) is 26.2 Å². The van der Waals surface area contributed by atoms with Crippen LogP contribution in [0.15, 0.2) is 44.8 Å². The third kappa shape index (κ3) is 3.72. The quantitative estimate of drug-likeness (QED) is 0.450. The number of nitrogens with zero attached hydrogens (tertiary/aromatic N) is 2. The Morgan fingerprint density at radius 1 is 1.38 bits per heavy atom. The number of carbonyl (C=O) groups is 1. The number of fused-ring (bicyclic) bond motifs is 1. The van der Waals surface area contributed by atoms with E-state index < -0.39 is 6.04 Å². The molecule has 0 fully saturated rings. The lowest BCUT2D eigenvalue weighted by molar-refractivity contribution is -0.119. The summed E-state index contributed by atoms with van der Waals surface area (Å²) in [7, 11) is 0. The number of anilines is 1. The summed E-state index contributed by atoms with van der Waals surface area (Å²) in [6.07, 6.45) is 2.71. The van der Waals surface area contributed by atoms with Crippen molar-refractivity contribution in [3.8, 4) is 0 Å². The van der Waals surface area contributed by atoms with E-state index >= 15 is 0 Å². The maximum absolute atomic E-state index is 13.0. The van der Waals surface area contributed by atoms with Crippen molar-refractivity contribution in [2.45, 2.75) is 31.5 Å². The molecule has 0 bridgehead atoms. The van der Waals surface area contributed by atoms with Crippen molar-refractivity contribution >= 4 is 60.8 Å². The monoisotopic (exact) mass is 451 g/mol. The number of nitrogens with one attached hydrogen (secondary N) is 1. The van der Waals surface area contributed by atoms with Crippen molar-refractivity contribution in [2.75, 3.05) is 11.6 Å². The summed E-state index contributed by atoms with van der Waals surface area (Å²) in [4.78, 5) is 32.2. The van der Waals surface area contributed by atoms with Crippen molar-refractivity contribution in [3.63, 3.8) is 0 Å². The Balaban J connectivity index is 1.99. The molecule has 3 aromatic rings.